The van der Waals surface area contributed by atoms with E-state index in [4.69, 9.17) is 0 Å². The molecule has 102 valence electrons. The summed E-state index contributed by atoms with van der Waals surface area (Å²) in [4.78, 5) is 23.5. The van der Waals surface area contributed by atoms with Gasteiger partial charge in [0.1, 0.15) is 0 Å². The van der Waals surface area contributed by atoms with Gasteiger partial charge >= 0.3 is 11.8 Å². The van der Waals surface area contributed by atoms with Gasteiger partial charge in [0.15, 0.2) is 0 Å². The molecule has 0 unspecified atom stereocenters. The van der Waals surface area contributed by atoms with Crippen molar-refractivity contribution in [1.82, 2.24) is 0 Å². The van der Waals surface area contributed by atoms with Crippen molar-refractivity contribution < 1.29 is 9.59 Å². The molecule has 2 aromatic carbocycles. The van der Waals surface area contributed by atoms with Crippen molar-refractivity contribution in [2.24, 2.45) is 0 Å². The molecule has 2 rings (SSSR count). The van der Waals surface area contributed by atoms with Gasteiger partial charge in [-0.2, -0.15) is 0 Å². The van der Waals surface area contributed by atoms with Crippen LogP contribution in [0.3, 0.4) is 0 Å². The lowest BCUT2D eigenvalue weighted by Crippen LogP contribution is -2.29. The molecule has 0 saturated heterocycles. The molecule has 6 heteroatoms. The van der Waals surface area contributed by atoms with E-state index in [1.807, 2.05) is 12.1 Å². The number of anilines is 2. The van der Waals surface area contributed by atoms with Gasteiger partial charge in [0.05, 0.1) is 0 Å². The summed E-state index contributed by atoms with van der Waals surface area (Å²) in [5.41, 5.74) is 1.10. The molecular formula is C14H10Br2N2O2. The summed E-state index contributed by atoms with van der Waals surface area (Å²) in [6.45, 7) is 0. The average molecular weight is 398 g/mol. The Morgan fingerprint density at radius 3 is 1.50 bits per heavy atom. The molecule has 0 aliphatic carbocycles. The molecule has 2 N–H and O–H groups in total. The van der Waals surface area contributed by atoms with Gasteiger partial charge in [0.2, 0.25) is 0 Å². The van der Waals surface area contributed by atoms with E-state index in [1.165, 1.54) is 0 Å². The standard InChI is InChI=1S/C14H10Br2N2O2/c15-9-3-1-5-11(7-9)17-13(19)14(20)18-12-6-2-4-10(16)8-12/h1-8H,(H,17,19)(H,18,20). The van der Waals surface area contributed by atoms with Crippen LogP contribution < -0.4 is 10.6 Å². The Morgan fingerprint density at radius 1 is 0.750 bits per heavy atom. The van der Waals surface area contributed by atoms with Gasteiger partial charge in [-0.1, -0.05) is 44.0 Å². The molecule has 0 radical (unpaired) electrons. The largest absolute Gasteiger partial charge is 0.318 e. The van der Waals surface area contributed by atoms with Crippen molar-refractivity contribution in [2.45, 2.75) is 0 Å². The molecule has 0 fully saturated rings. The molecule has 4 nitrogen and oxygen atoms in total. The van der Waals surface area contributed by atoms with Crippen molar-refractivity contribution in [3.8, 4) is 0 Å². The lowest BCUT2D eigenvalue weighted by atomic mass is 10.3. The number of nitrogens with one attached hydrogen (secondary N) is 2. The number of carbonyl (C=O) groups is 2. The molecule has 0 heterocycles. The first-order valence-corrected chi connectivity index (χ1v) is 7.26. The van der Waals surface area contributed by atoms with Gasteiger partial charge in [0.25, 0.3) is 0 Å². The molecule has 0 atom stereocenters. The Hall–Kier alpha value is -1.66. The van der Waals surface area contributed by atoms with Crippen molar-refractivity contribution in [3.05, 3.63) is 57.5 Å². The van der Waals surface area contributed by atoms with Crippen LogP contribution in [0, 0.1) is 0 Å². The zero-order valence-corrected chi connectivity index (χ0v) is 13.4. The van der Waals surface area contributed by atoms with Crippen LogP contribution in [0.1, 0.15) is 0 Å². The predicted octanol–water partition coefficient (Wildman–Crippen LogP) is 3.79. The molecule has 0 bridgehead atoms. The topological polar surface area (TPSA) is 58.2 Å². The smallest absolute Gasteiger partial charge is 0.314 e. The monoisotopic (exact) mass is 396 g/mol. The lowest BCUT2D eigenvalue weighted by molar-refractivity contribution is -0.132. The minimum absolute atomic E-state index is 0.550. The number of halogens is 2. The second-order valence-corrected chi connectivity index (χ2v) is 5.76. The van der Waals surface area contributed by atoms with Gasteiger partial charge in [-0.3, -0.25) is 9.59 Å². The summed E-state index contributed by atoms with van der Waals surface area (Å²) in [5, 5.41) is 5.05. The quantitative estimate of drug-likeness (QED) is 0.757. The summed E-state index contributed by atoms with van der Waals surface area (Å²) in [5.74, 6) is -1.44. The second kappa shape index (κ2) is 6.67. The van der Waals surface area contributed by atoms with E-state index < -0.39 is 11.8 Å². The van der Waals surface area contributed by atoms with E-state index in [1.54, 1.807) is 36.4 Å². The zero-order valence-electron chi connectivity index (χ0n) is 10.2. The first-order chi connectivity index (χ1) is 9.54. The van der Waals surface area contributed by atoms with Crippen LogP contribution in [0.4, 0.5) is 11.4 Å². The van der Waals surface area contributed by atoms with Crippen molar-refractivity contribution in [1.29, 1.82) is 0 Å². The van der Waals surface area contributed by atoms with Gasteiger partial charge in [-0.05, 0) is 36.4 Å². The van der Waals surface area contributed by atoms with Gasteiger partial charge in [-0.25, -0.2) is 0 Å². The highest BCUT2D eigenvalue weighted by Gasteiger charge is 2.14. The zero-order chi connectivity index (χ0) is 14.5. The Balaban J connectivity index is 2.01. The van der Waals surface area contributed by atoms with Crippen LogP contribution in [-0.2, 0) is 9.59 Å². The maximum atomic E-state index is 11.8. The van der Waals surface area contributed by atoms with E-state index in [0.717, 1.165) is 8.95 Å². The van der Waals surface area contributed by atoms with Crippen LogP contribution >= 0.6 is 31.9 Å². The van der Waals surface area contributed by atoms with Crippen LogP contribution in [0.2, 0.25) is 0 Å². The summed E-state index contributed by atoms with van der Waals surface area (Å²) in [6, 6.07) is 14.0. The maximum absolute atomic E-state index is 11.8. The molecule has 0 aliphatic rings. The Kier molecular flexibility index (Phi) is 4.92. The highest BCUT2D eigenvalue weighted by Crippen LogP contribution is 2.17. The Bertz CT molecular complexity index is 602. The van der Waals surface area contributed by atoms with Crippen molar-refractivity contribution >= 4 is 55.0 Å². The normalized spacial score (nSPS) is 9.90. The van der Waals surface area contributed by atoms with E-state index in [-0.39, 0.29) is 0 Å². The van der Waals surface area contributed by atoms with E-state index >= 15 is 0 Å². The average Bonchev–Trinajstić information content (AvgIpc) is 2.38. The molecule has 0 aliphatic heterocycles. The summed E-state index contributed by atoms with van der Waals surface area (Å²) < 4.78 is 1.64. The highest BCUT2D eigenvalue weighted by molar-refractivity contribution is 9.10. The summed E-state index contributed by atoms with van der Waals surface area (Å²) >= 11 is 6.59. The van der Waals surface area contributed by atoms with E-state index in [2.05, 4.69) is 42.5 Å². The number of hydrogen-bond acceptors (Lipinski definition) is 2. The highest BCUT2D eigenvalue weighted by atomic mass is 79.9. The van der Waals surface area contributed by atoms with Crippen molar-refractivity contribution in [2.75, 3.05) is 10.6 Å². The fourth-order valence-electron chi connectivity index (χ4n) is 1.51. The third-order valence-corrected chi connectivity index (χ3v) is 3.36. The van der Waals surface area contributed by atoms with Crippen LogP contribution in [0.15, 0.2) is 57.5 Å². The molecular weight excluding hydrogens is 388 g/mol. The fraction of sp³-hybridized carbons (Fsp3) is 0. The van der Waals surface area contributed by atoms with Gasteiger partial charge in [0, 0.05) is 20.3 Å². The first-order valence-electron chi connectivity index (χ1n) is 5.68. The maximum Gasteiger partial charge on any atom is 0.314 e. The number of benzene rings is 2. The second-order valence-electron chi connectivity index (χ2n) is 3.93. The Labute approximate surface area is 132 Å². The third-order valence-electron chi connectivity index (χ3n) is 2.37. The van der Waals surface area contributed by atoms with Crippen LogP contribution in [0.25, 0.3) is 0 Å². The molecule has 2 aromatic rings. The summed E-state index contributed by atoms with van der Waals surface area (Å²) in [6.07, 6.45) is 0. The molecule has 0 aromatic heterocycles. The van der Waals surface area contributed by atoms with Gasteiger partial charge < -0.3 is 10.6 Å². The SMILES string of the molecule is O=C(Nc1cccc(Br)c1)C(=O)Nc1cccc(Br)c1. The summed E-state index contributed by atoms with van der Waals surface area (Å²) in [7, 11) is 0. The molecule has 0 spiro atoms. The van der Waals surface area contributed by atoms with E-state index in [9.17, 15) is 9.59 Å². The minimum atomic E-state index is -0.719. The lowest BCUT2D eigenvalue weighted by Gasteiger charge is -2.07. The number of rotatable bonds is 2. The third kappa shape index (κ3) is 4.18. The Morgan fingerprint density at radius 2 is 1.15 bits per heavy atom. The van der Waals surface area contributed by atoms with Gasteiger partial charge in [-0.15, -0.1) is 0 Å². The predicted molar refractivity (Wildman–Crippen MR) is 85.5 cm³/mol. The molecule has 20 heavy (non-hydrogen) atoms. The fourth-order valence-corrected chi connectivity index (χ4v) is 2.31. The molecule has 0 saturated carbocycles. The number of hydrogen-bond donors (Lipinski definition) is 2. The molecule has 2 amide bonds. The first kappa shape index (κ1) is 14.7. The minimum Gasteiger partial charge on any atom is -0.318 e. The van der Waals surface area contributed by atoms with E-state index in [0.29, 0.717) is 11.4 Å². The number of amides is 2. The van der Waals surface area contributed by atoms with Crippen molar-refractivity contribution in [3.63, 3.8) is 0 Å². The number of carbonyl (C=O) groups excluding carboxylic acids is 2. The van der Waals surface area contributed by atoms with Crippen LogP contribution in [0.5, 0.6) is 0 Å². The van der Waals surface area contributed by atoms with Crippen LogP contribution in [-0.4, -0.2) is 11.8 Å².